The largest absolute Gasteiger partial charge is 0.464 e. The summed E-state index contributed by atoms with van der Waals surface area (Å²) in [5.41, 5.74) is 0.941. The number of hydrogen-bond donors (Lipinski definition) is 1. The molecule has 25 heavy (non-hydrogen) atoms. The minimum atomic E-state index is -0.779. The standard InChI is InChI=1S/C20H19NO4/c1-2-24-20(23)17(21-19(22)18-8-5-11-25-18)13-14-9-10-15-6-3-4-7-16(15)12-14/h3-12,17H,2,13H2,1H3,(H,21,22). The van der Waals surface area contributed by atoms with Gasteiger partial charge in [-0.15, -0.1) is 0 Å². The molecule has 1 amide bonds. The Balaban J connectivity index is 1.80. The summed E-state index contributed by atoms with van der Waals surface area (Å²) in [6, 6.07) is 16.3. The van der Waals surface area contributed by atoms with Gasteiger partial charge in [-0.3, -0.25) is 4.79 Å². The lowest BCUT2D eigenvalue weighted by atomic mass is 10.0. The smallest absolute Gasteiger partial charge is 0.328 e. The summed E-state index contributed by atoms with van der Waals surface area (Å²) in [4.78, 5) is 24.5. The van der Waals surface area contributed by atoms with Gasteiger partial charge in [-0.05, 0) is 35.4 Å². The molecule has 0 aliphatic carbocycles. The van der Waals surface area contributed by atoms with E-state index in [9.17, 15) is 9.59 Å². The fourth-order valence-electron chi connectivity index (χ4n) is 2.67. The van der Waals surface area contributed by atoms with E-state index in [1.165, 1.54) is 6.26 Å². The van der Waals surface area contributed by atoms with E-state index in [1.807, 2.05) is 42.5 Å². The van der Waals surface area contributed by atoms with Crippen LogP contribution in [0, 0.1) is 0 Å². The first-order valence-electron chi connectivity index (χ1n) is 8.16. The summed E-state index contributed by atoms with van der Waals surface area (Å²) in [5, 5.41) is 4.90. The predicted octanol–water partition coefficient (Wildman–Crippen LogP) is 3.34. The average Bonchev–Trinajstić information content (AvgIpc) is 3.16. The molecule has 1 N–H and O–H groups in total. The van der Waals surface area contributed by atoms with Crippen LogP contribution in [0.25, 0.3) is 10.8 Å². The van der Waals surface area contributed by atoms with E-state index in [4.69, 9.17) is 9.15 Å². The molecule has 0 spiro atoms. The molecule has 0 radical (unpaired) electrons. The summed E-state index contributed by atoms with van der Waals surface area (Å²) < 4.78 is 10.2. The van der Waals surface area contributed by atoms with Crippen LogP contribution in [0.3, 0.4) is 0 Å². The minimum Gasteiger partial charge on any atom is -0.464 e. The highest BCUT2D eigenvalue weighted by atomic mass is 16.5. The number of hydrogen-bond acceptors (Lipinski definition) is 4. The van der Waals surface area contributed by atoms with E-state index >= 15 is 0 Å². The Morgan fingerprint density at radius 1 is 1.08 bits per heavy atom. The maximum absolute atomic E-state index is 12.2. The Labute approximate surface area is 145 Å². The highest BCUT2D eigenvalue weighted by Gasteiger charge is 2.24. The maximum Gasteiger partial charge on any atom is 0.328 e. The van der Waals surface area contributed by atoms with Crippen LogP contribution in [-0.4, -0.2) is 24.5 Å². The second-order valence-electron chi connectivity index (χ2n) is 5.64. The first kappa shape index (κ1) is 16.8. The predicted molar refractivity (Wildman–Crippen MR) is 94.2 cm³/mol. The Morgan fingerprint density at radius 3 is 2.60 bits per heavy atom. The highest BCUT2D eigenvalue weighted by molar-refractivity contribution is 5.94. The molecule has 3 aromatic rings. The van der Waals surface area contributed by atoms with Gasteiger partial charge in [0, 0.05) is 6.42 Å². The summed E-state index contributed by atoms with van der Waals surface area (Å²) >= 11 is 0. The first-order valence-corrected chi connectivity index (χ1v) is 8.16. The normalized spacial score (nSPS) is 11.9. The Bertz CT molecular complexity index is 870. The molecule has 5 nitrogen and oxygen atoms in total. The van der Waals surface area contributed by atoms with Crippen molar-refractivity contribution in [3.05, 3.63) is 72.2 Å². The van der Waals surface area contributed by atoms with Gasteiger partial charge in [-0.1, -0.05) is 42.5 Å². The molecule has 3 rings (SSSR count). The molecule has 0 aliphatic rings. The molecule has 0 bridgehead atoms. The number of ether oxygens (including phenoxy) is 1. The number of furan rings is 1. The van der Waals surface area contributed by atoms with Crippen LogP contribution < -0.4 is 5.32 Å². The zero-order chi connectivity index (χ0) is 17.6. The van der Waals surface area contributed by atoms with Gasteiger partial charge in [0.1, 0.15) is 6.04 Å². The molecule has 0 fully saturated rings. The van der Waals surface area contributed by atoms with Gasteiger partial charge in [0.05, 0.1) is 12.9 Å². The monoisotopic (exact) mass is 337 g/mol. The number of nitrogens with one attached hydrogen (secondary N) is 1. The summed E-state index contributed by atoms with van der Waals surface area (Å²) in [6.45, 7) is 1.99. The molecule has 0 aliphatic heterocycles. The molecule has 2 aromatic carbocycles. The van der Waals surface area contributed by atoms with Crippen LogP contribution in [0.1, 0.15) is 23.0 Å². The van der Waals surface area contributed by atoms with Gasteiger partial charge in [-0.2, -0.15) is 0 Å². The second kappa shape index (κ2) is 7.66. The fourth-order valence-corrected chi connectivity index (χ4v) is 2.67. The maximum atomic E-state index is 12.2. The zero-order valence-electron chi connectivity index (χ0n) is 13.9. The Kier molecular flexibility index (Phi) is 5.14. The van der Waals surface area contributed by atoms with Crippen molar-refractivity contribution >= 4 is 22.6 Å². The highest BCUT2D eigenvalue weighted by Crippen LogP contribution is 2.17. The Hall–Kier alpha value is -3.08. The first-order chi connectivity index (χ1) is 12.2. The number of benzene rings is 2. The topological polar surface area (TPSA) is 68.5 Å². The average molecular weight is 337 g/mol. The summed E-state index contributed by atoms with van der Waals surface area (Å²) in [5.74, 6) is -0.743. The lowest BCUT2D eigenvalue weighted by Crippen LogP contribution is -2.43. The molecule has 1 aromatic heterocycles. The van der Waals surface area contributed by atoms with E-state index in [0.29, 0.717) is 6.42 Å². The van der Waals surface area contributed by atoms with E-state index < -0.39 is 17.9 Å². The SMILES string of the molecule is CCOC(=O)C(Cc1ccc2ccccc2c1)NC(=O)c1ccco1. The lowest BCUT2D eigenvalue weighted by Gasteiger charge is -2.17. The van der Waals surface area contributed by atoms with Crippen LogP contribution >= 0.6 is 0 Å². The quantitative estimate of drug-likeness (QED) is 0.701. The zero-order valence-corrected chi connectivity index (χ0v) is 13.9. The molecule has 1 atom stereocenters. The van der Waals surface area contributed by atoms with Crippen molar-refractivity contribution in [2.24, 2.45) is 0 Å². The van der Waals surface area contributed by atoms with Gasteiger partial charge in [0.25, 0.3) is 5.91 Å². The number of fused-ring (bicyclic) bond motifs is 1. The van der Waals surface area contributed by atoms with Gasteiger partial charge in [-0.25, -0.2) is 4.79 Å². The Morgan fingerprint density at radius 2 is 1.88 bits per heavy atom. The van der Waals surface area contributed by atoms with Gasteiger partial charge < -0.3 is 14.5 Å². The molecule has 1 unspecified atom stereocenters. The van der Waals surface area contributed by atoms with Gasteiger partial charge >= 0.3 is 5.97 Å². The van der Waals surface area contributed by atoms with E-state index in [2.05, 4.69) is 5.32 Å². The molecular formula is C20H19NO4. The molecular weight excluding hydrogens is 318 g/mol. The van der Waals surface area contributed by atoms with Crippen LogP contribution in [0.2, 0.25) is 0 Å². The van der Waals surface area contributed by atoms with Crippen LogP contribution in [0.15, 0.2) is 65.3 Å². The number of amides is 1. The molecule has 128 valence electrons. The number of esters is 1. The third kappa shape index (κ3) is 4.07. The minimum absolute atomic E-state index is 0.160. The van der Waals surface area contributed by atoms with Crippen LogP contribution in [-0.2, 0) is 16.0 Å². The second-order valence-corrected chi connectivity index (χ2v) is 5.64. The molecule has 0 saturated heterocycles. The van der Waals surface area contributed by atoms with E-state index in [-0.39, 0.29) is 12.4 Å². The van der Waals surface area contributed by atoms with Crippen molar-refractivity contribution in [1.82, 2.24) is 5.32 Å². The number of carbonyl (C=O) groups excluding carboxylic acids is 2. The van der Waals surface area contributed by atoms with E-state index in [1.54, 1.807) is 19.1 Å². The third-order valence-electron chi connectivity index (χ3n) is 3.88. The van der Waals surface area contributed by atoms with Crippen molar-refractivity contribution in [3.63, 3.8) is 0 Å². The third-order valence-corrected chi connectivity index (χ3v) is 3.88. The van der Waals surface area contributed by atoms with Crippen LogP contribution in [0.4, 0.5) is 0 Å². The van der Waals surface area contributed by atoms with Crippen LogP contribution in [0.5, 0.6) is 0 Å². The lowest BCUT2D eigenvalue weighted by molar-refractivity contribution is -0.145. The van der Waals surface area contributed by atoms with E-state index in [0.717, 1.165) is 16.3 Å². The fraction of sp³-hybridized carbons (Fsp3) is 0.200. The van der Waals surface area contributed by atoms with Crippen molar-refractivity contribution in [2.75, 3.05) is 6.61 Å². The summed E-state index contributed by atoms with van der Waals surface area (Å²) in [7, 11) is 0. The molecule has 5 heteroatoms. The summed E-state index contributed by atoms with van der Waals surface area (Å²) in [6.07, 6.45) is 1.76. The van der Waals surface area contributed by atoms with Crippen molar-refractivity contribution < 1.29 is 18.7 Å². The van der Waals surface area contributed by atoms with Gasteiger partial charge in [0.2, 0.25) is 0 Å². The molecule has 0 saturated carbocycles. The van der Waals surface area contributed by atoms with Crippen molar-refractivity contribution in [3.8, 4) is 0 Å². The number of carbonyl (C=O) groups is 2. The van der Waals surface area contributed by atoms with Crippen molar-refractivity contribution in [2.45, 2.75) is 19.4 Å². The number of rotatable bonds is 6. The molecule has 1 heterocycles. The van der Waals surface area contributed by atoms with Gasteiger partial charge in [0.15, 0.2) is 5.76 Å². The van der Waals surface area contributed by atoms with Crippen molar-refractivity contribution in [1.29, 1.82) is 0 Å².